The average molecular weight is 1030 g/mol. The first-order valence-corrected chi connectivity index (χ1v) is 33.2. The van der Waals surface area contributed by atoms with Crippen LogP contribution in [0.1, 0.15) is 380 Å². The molecular weight excluding hydrogens is 901 g/mol. The smallest absolute Gasteiger partial charge is 0.306 e. The van der Waals surface area contributed by atoms with Crippen molar-refractivity contribution in [3.8, 4) is 0 Å². The summed E-state index contributed by atoms with van der Waals surface area (Å²) in [5.74, 6) is -0.850. The van der Waals surface area contributed by atoms with E-state index >= 15 is 0 Å². The minimum atomic E-state index is -0.769. The van der Waals surface area contributed by atoms with E-state index in [0.717, 1.165) is 64.2 Å². The Hall–Kier alpha value is -1.85. The van der Waals surface area contributed by atoms with Crippen molar-refractivity contribution in [3.05, 3.63) is 12.2 Å². The molecule has 0 amide bonds. The monoisotopic (exact) mass is 1030 g/mol. The van der Waals surface area contributed by atoms with Crippen molar-refractivity contribution >= 4 is 17.9 Å². The van der Waals surface area contributed by atoms with Gasteiger partial charge in [-0.05, 0) is 44.9 Å². The third-order valence-corrected chi connectivity index (χ3v) is 15.3. The Kier molecular flexibility index (Phi) is 61.1. The molecule has 73 heavy (non-hydrogen) atoms. The van der Waals surface area contributed by atoms with Gasteiger partial charge in [0.05, 0.1) is 0 Å². The van der Waals surface area contributed by atoms with Crippen LogP contribution in [0.5, 0.6) is 0 Å². The van der Waals surface area contributed by atoms with Crippen LogP contribution in [-0.2, 0) is 28.6 Å². The lowest BCUT2D eigenvalue weighted by Crippen LogP contribution is -2.30. The highest BCUT2D eigenvalue weighted by Crippen LogP contribution is 2.18. The maximum Gasteiger partial charge on any atom is 0.306 e. The van der Waals surface area contributed by atoms with E-state index in [4.69, 9.17) is 14.2 Å². The molecule has 0 radical (unpaired) electrons. The van der Waals surface area contributed by atoms with E-state index in [1.807, 2.05) is 0 Å². The lowest BCUT2D eigenvalue weighted by atomic mass is 10.0. The van der Waals surface area contributed by atoms with E-state index < -0.39 is 6.10 Å². The average Bonchev–Trinajstić information content (AvgIpc) is 3.39. The molecule has 0 aromatic heterocycles. The molecule has 0 aromatic carbocycles. The number of unbranched alkanes of at least 4 members (excludes halogenated alkanes) is 49. The van der Waals surface area contributed by atoms with Gasteiger partial charge < -0.3 is 14.2 Å². The fraction of sp³-hybridized carbons (Fsp3) is 0.925. The van der Waals surface area contributed by atoms with Gasteiger partial charge in [-0.3, -0.25) is 14.4 Å². The molecule has 6 nitrogen and oxygen atoms in total. The zero-order valence-corrected chi connectivity index (χ0v) is 49.7. The minimum absolute atomic E-state index is 0.0673. The summed E-state index contributed by atoms with van der Waals surface area (Å²) in [7, 11) is 0. The second-order valence-corrected chi connectivity index (χ2v) is 22.7. The number of allylic oxidation sites excluding steroid dienone is 2. The van der Waals surface area contributed by atoms with Crippen LogP contribution in [0.4, 0.5) is 0 Å². The van der Waals surface area contributed by atoms with Crippen LogP contribution in [0.2, 0.25) is 0 Å². The van der Waals surface area contributed by atoms with E-state index in [1.54, 1.807) is 0 Å². The number of hydrogen-bond acceptors (Lipinski definition) is 6. The Balaban J connectivity index is 4.08. The number of ether oxygens (including phenoxy) is 3. The van der Waals surface area contributed by atoms with Crippen LogP contribution in [0.3, 0.4) is 0 Å². The zero-order valence-electron chi connectivity index (χ0n) is 49.7. The molecule has 0 rings (SSSR count). The molecule has 0 N–H and O–H groups in total. The maximum atomic E-state index is 12.9. The first kappa shape index (κ1) is 71.2. The van der Waals surface area contributed by atoms with Gasteiger partial charge in [-0.2, -0.15) is 0 Å². The molecule has 0 spiro atoms. The maximum absolute atomic E-state index is 12.9. The van der Waals surface area contributed by atoms with Crippen molar-refractivity contribution in [3.63, 3.8) is 0 Å². The zero-order chi connectivity index (χ0) is 52.9. The molecular formula is C67H128O6. The molecule has 0 aliphatic carbocycles. The van der Waals surface area contributed by atoms with Crippen LogP contribution in [-0.4, -0.2) is 37.2 Å². The fourth-order valence-corrected chi connectivity index (χ4v) is 10.3. The molecule has 6 heteroatoms. The van der Waals surface area contributed by atoms with Gasteiger partial charge in [0, 0.05) is 19.3 Å². The predicted octanol–water partition coefficient (Wildman–Crippen LogP) is 22.4. The third-order valence-electron chi connectivity index (χ3n) is 15.3. The number of rotatable bonds is 62. The van der Waals surface area contributed by atoms with E-state index in [0.29, 0.717) is 19.3 Å². The van der Waals surface area contributed by atoms with Gasteiger partial charge in [-0.15, -0.1) is 0 Å². The van der Waals surface area contributed by atoms with Gasteiger partial charge >= 0.3 is 17.9 Å². The molecule has 0 saturated carbocycles. The molecule has 0 heterocycles. The topological polar surface area (TPSA) is 78.9 Å². The van der Waals surface area contributed by atoms with E-state index in [2.05, 4.69) is 32.9 Å². The Bertz CT molecular complexity index is 1130. The highest BCUT2D eigenvalue weighted by Gasteiger charge is 2.19. The van der Waals surface area contributed by atoms with Gasteiger partial charge in [-0.1, -0.05) is 328 Å². The summed E-state index contributed by atoms with van der Waals surface area (Å²) >= 11 is 0. The second-order valence-electron chi connectivity index (χ2n) is 22.7. The molecule has 0 aromatic rings. The SMILES string of the molecule is CCCCCCCCC/C=C\CCCCCCCC(=O)OC(COC(=O)CCCCCCCCCCCC)COC(=O)CCCCCCCCCCCCCCCCCCCCCCCCCCCCCCC. The summed E-state index contributed by atoms with van der Waals surface area (Å²) in [6, 6.07) is 0. The van der Waals surface area contributed by atoms with Gasteiger partial charge in [0.25, 0.3) is 0 Å². The Morgan fingerprint density at radius 2 is 0.452 bits per heavy atom. The van der Waals surface area contributed by atoms with Crippen LogP contribution in [0.15, 0.2) is 12.2 Å². The number of carbonyl (C=O) groups is 3. The van der Waals surface area contributed by atoms with Crippen molar-refractivity contribution < 1.29 is 28.6 Å². The Morgan fingerprint density at radius 1 is 0.260 bits per heavy atom. The van der Waals surface area contributed by atoms with Gasteiger partial charge in [0.1, 0.15) is 13.2 Å². The van der Waals surface area contributed by atoms with Crippen LogP contribution >= 0.6 is 0 Å². The third kappa shape index (κ3) is 60.9. The van der Waals surface area contributed by atoms with Gasteiger partial charge in [0.2, 0.25) is 0 Å². The lowest BCUT2D eigenvalue weighted by Gasteiger charge is -2.18. The van der Waals surface area contributed by atoms with Crippen LogP contribution in [0.25, 0.3) is 0 Å². The Labute approximate surface area is 456 Å². The van der Waals surface area contributed by atoms with E-state index in [9.17, 15) is 14.4 Å². The summed E-state index contributed by atoms with van der Waals surface area (Å²) in [4.78, 5) is 38.2. The summed E-state index contributed by atoms with van der Waals surface area (Å²) in [6.07, 6.45) is 73.9. The highest BCUT2D eigenvalue weighted by atomic mass is 16.6. The predicted molar refractivity (Wildman–Crippen MR) is 317 cm³/mol. The molecule has 0 bridgehead atoms. The standard InChI is InChI=1S/C67H128O6/c1-4-7-10-13-16-19-22-24-26-28-29-30-31-32-33-34-35-36-37-38-39-40-42-43-45-48-51-54-57-60-66(69)72-63-64(62-71-65(68)59-56-53-50-47-21-18-15-12-9-6-3)73-67(70)61-58-55-52-49-46-44-41-27-25-23-20-17-14-11-8-5-2/h27,41,64H,4-26,28-40,42-63H2,1-3H3/b41-27-. The van der Waals surface area contributed by atoms with Crippen molar-refractivity contribution in [1.82, 2.24) is 0 Å². The molecule has 0 aliphatic rings. The van der Waals surface area contributed by atoms with E-state index in [-0.39, 0.29) is 31.1 Å². The molecule has 0 aliphatic heterocycles. The molecule has 432 valence electrons. The Morgan fingerprint density at radius 3 is 0.685 bits per heavy atom. The molecule has 0 fully saturated rings. The van der Waals surface area contributed by atoms with Crippen molar-refractivity contribution in [2.75, 3.05) is 13.2 Å². The minimum Gasteiger partial charge on any atom is -0.462 e. The highest BCUT2D eigenvalue weighted by molar-refractivity contribution is 5.71. The normalized spacial score (nSPS) is 12.0. The van der Waals surface area contributed by atoms with Crippen molar-refractivity contribution in [2.24, 2.45) is 0 Å². The first-order valence-electron chi connectivity index (χ1n) is 33.2. The number of hydrogen-bond donors (Lipinski definition) is 0. The van der Waals surface area contributed by atoms with Crippen LogP contribution in [0, 0.1) is 0 Å². The molecule has 0 saturated heterocycles. The van der Waals surface area contributed by atoms with Crippen molar-refractivity contribution in [1.29, 1.82) is 0 Å². The largest absolute Gasteiger partial charge is 0.462 e. The number of esters is 3. The summed E-state index contributed by atoms with van der Waals surface area (Å²) in [6.45, 7) is 6.69. The molecule has 1 unspecified atom stereocenters. The second kappa shape index (κ2) is 62.7. The van der Waals surface area contributed by atoms with Gasteiger partial charge in [-0.25, -0.2) is 0 Å². The molecule has 1 atom stereocenters. The van der Waals surface area contributed by atoms with Crippen LogP contribution < -0.4 is 0 Å². The number of carbonyl (C=O) groups excluding carboxylic acids is 3. The quantitative estimate of drug-likeness (QED) is 0.0261. The van der Waals surface area contributed by atoms with Crippen molar-refractivity contribution in [2.45, 2.75) is 386 Å². The van der Waals surface area contributed by atoms with Gasteiger partial charge in [0.15, 0.2) is 6.10 Å². The summed E-state index contributed by atoms with van der Waals surface area (Å²) in [5.41, 5.74) is 0. The van der Waals surface area contributed by atoms with E-state index in [1.165, 1.54) is 276 Å². The fourth-order valence-electron chi connectivity index (χ4n) is 10.3. The lowest BCUT2D eigenvalue weighted by molar-refractivity contribution is -0.167. The first-order chi connectivity index (χ1) is 36.0. The summed E-state index contributed by atoms with van der Waals surface area (Å²) < 4.78 is 16.9. The summed E-state index contributed by atoms with van der Waals surface area (Å²) in [5, 5.41) is 0.